The second-order valence-corrected chi connectivity index (χ2v) is 5.45. The molecule has 1 heterocycles. The molecule has 1 aromatic heterocycles. The van der Waals surface area contributed by atoms with E-state index in [0.717, 1.165) is 11.0 Å². The van der Waals surface area contributed by atoms with E-state index in [1.807, 2.05) is 35.9 Å². The SMILES string of the molecule is Cn1c(CN=C(N)Nc2ccccc2OC(F)(F)F)nc2ccccc21.I. The first-order chi connectivity index (χ1) is 12.3. The lowest BCUT2D eigenvalue weighted by Crippen LogP contribution is -2.24. The van der Waals surface area contributed by atoms with Crippen molar-refractivity contribution < 1.29 is 17.9 Å². The van der Waals surface area contributed by atoms with E-state index in [4.69, 9.17) is 5.73 Å². The van der Waals surface area contributed by atoms with Crippen LogP contribution in [0.1, 0.15) is 5.82 Å². The van der Waals surface area contributed by atoms with Crippen molar-refractivity contribution in [2.24, 2.45) is 17.8 Å². The lowest BCUT2D eigenvalue weighted by Gasteiger charge is -2.14. The molecule has 3 aromatic rings. The van der Waals surface area contributed by atoms with Gasteiger partial charge < -0.3 is 20.4 Å². The molecule has 0 radical (unpaired) electrons. The van der Waals surface area contributed by atoms with Gasteiger partial charge in [0.1, 0.15) is 12.4 Å². The summed E-state index contributed by atoms with van der Waals surface area (Å²) in [6.45, 7) is 0.173. The first-order valence-electron chi connectivity index (χ1n) is 7.65. The Morgan fingerprint density at radius 1 is 1.19 bits per heavy atom. The van der Waals surface area contributed by atoms with E-state index in [9.17, 15) is 13.2 Å². The van der Waals surface area contributed by atoms with Crippen molar-refractivity contribution in [3.8, 4) is 5.75 Å². The van der Waals surface area contributed by atoms with E-state index in [0.29, 0.717) is 5.82 Å². The molecule has 2 aromatic carbocycles. The number of alkyl halides is 3. The van der Waals surface area contributed by atoms with Gasteiger partial charge in [0.2, 0.25) is 0 Å². The van der Waals surface area contributed by atoms with Gasteiger partial charge in [-0.2, -0.15) is 0 Å². The van der Waals surface area contributed by atoms with Crippen molar-refractivity contribution in [3.63, 3.8) is 0 Å². The van der Waals surface area contributed by atoms with Crippen LogP contribution in [0.2, 0.25) is 0 Å². The molecular weight excluding hydrogens is 474 g/mol. The number of aryl methyl sites for hydroxylation is 1. The first-order valence-corrected chi connectivity index (χ1v) is 7.65. The lowest BCUT2D eigenvalue weighted by atomic mass is 10.3. The quantitative estimate of drug-likeness (QED) is 0.329. The Bertz CT molecular complexity index is 955. The number of imidazole rings is 1. The number of para-hydroxylation sites is 4. The zero-order chi connectivity index (χ0) is 18.7. The third-order valence-corrected chi connectivity index (χ3v) is 3.65. The van der Waals surface area contributed by atoms with Gasteiger partial charge in [0.15, 0.2) is 11.7 Å². The molecule has 0 aliphatic rings. The molecule has 0 aliphatic carbocycles. The molecule has 0 fully saturated rings. The molecule has 0 spiro atoms. The van der Waals surface area contributed by atoms with E-state index >= 15 is 0 Å². The minimum Gasteiger partial charge on any atom is -0.404 e. The number of aliphatic imine (C=N–C) groups is 1. The van der Waals surface area contributed by atoms with E-state index in [2.05, 4.69) is 20.0 Å². The van der Waals surface area contributed by atoms with Crippen LogP contribution in [0.3, 0.4) is 0 Å². The van der Waals surface area contributed by atoms with Crippen LogP contribution in [0.25, 0.3) is 11.0 Å². The van der Waals surface area contributed by atoms with Crippen LogP contribution in [0, 0.1) is 0 Å². The normalized spacial score (nSPS) is 11.9. The molecule has 3 N–H and O–H groups in total. The number of anilines is 1. The second-order valence-electron chi connectivity index (χ2n) is 5.45. The van der Waals surface area contributed by atoms with Crippen molar-refractivity contribution in [3.05, 3.63) is 54.4 Å². The largest absolute Gasteiger partial charge is 0.573 e. The molecule has 0 aliphatic heterocycles. The number of nitrogens with zero attached hydrogens (tertiary/aromatic N) is 3. The maximum atomic E-state index is 12.5. The van der Waals surface area contributed by atoms with Crippen LogP contribution in [0.15, 0.2) is 53.5 Å². The van der Waals surface area contributed by atoms with Crippen molar-refractivity contribution in [1.82, 2.24) is 9.55 Å². The molecule has 144 valence electrons. The fraction of sp³-hybridized carbons (Fsp3) is 0.176. The maximum Gasteiger partial charge on any atom is 0.573 e. The van der Waals surface area contributed by atoms with Gasteiger partial charge >= 0.3 is 6.36 Å². The number of guanidine groups is 1. The van der Waals surface area contributed by atoms with Crippen molar-refractivity contribution in [2.75, 3.05) is 5.32 Å². The Kier molecular flexibility index (Phi) is 6.52. The summed E-state index contributed by atoms with van der Waals surface area (Å²) >= 11 is 0. The number of fused-ring (bicyclic) bond motifs is 1. The van der Waals surface area contributed by atoms with E-state index < -0.39 is 6.36 Å². The number of halogens is 4. The van der Waals surface area contributed by atoms with Gasteiger partial charge in [0.25, 0.3) is 0 Å². The number of ether oxygens (including phenoxy) is 1. The Morgan fingerprint density at radius 2 is 1.85 bits per heavy atom. The van der Waals surface area contributed by atoms with Crippen molar-refractivity contribution in [2.45, 2.75) is 12.9 Å². The Hall–Kier alpha value is -2.50. The van der Waals surface area contributed by atoms with Crippen LogP contribution >= 0.6 is 24.0 Å². The highest BCUT2D eigenvalue weighted by molar-refractivity contribution is 14.0. The zero-order valence-corrected chi connectivity index (χ0v) is 16.5. The summed E-state index contributed by atoms with van der Waals surface area (Å²) in [6.07, 6.45) is -4.79. The molecule has 27 heavy (non-hydrogen) atoms. The van der Waals surface area contributed by atoms with Crippen LogP contribution in [0.5, 0.6) is 5.75 Å². The highest BCUT2D eigenvalue weighted by atomic mass is 127. The summed E-state index contributed by atoms with van der Waals surface area (Å²) in [5.74, 6) is 0.243. The van der Waals surface area contributed by atoms with Gasteiger partial charge in [-0.3, -0.25) is 0 Å². The number of benzene rings is 2. The smallest absolute Gasteiger partial charge is 0.404 e. The Morgan fingerprint density at radius 3 is 2.56 bits per heavy atom. The van der Waals surface area contributed by atoms with Gasteiger partial charge in [-0.05, 0) is 24.3 Å². The molecule has 0 unspecified atom stereocenters. The number of rotatable bonds is 4. The molecule has 0 atom stereocenters. The minimum atomic E-state index is -4.79. The summed E-state index contributed by atoms with van der Waals surface area (Å²) < 4.78 is 43.2. The van der Waals surface area contributed by atoms with Crippen LogP contribution in [0.4, 0.5) is 18.9 Å². The molecule has 0 saturated carbocycles. The third-order valence-electron chi connectivity index (χ3n) is 3.65. The lowest BCUT2D eigenvalue weighted by molar-refractivity contribution is -0.274. The zero-order valence-electron chi connectivity index (χ0n) is 14.2. The third kappa shape index (κ3) is 5.25. The molecule has 0 amide bonds. The topological polar surface area (TPSA) is 77.5 Å². The highest BCUT2D eigenvalue weighted by Crippen LogP contribution is 2.29. The molecule has 3 rings (SSSR count). The average Bonchev–Trinajstić information content (AvgIpc) is 2.90. The number of hydrogen-bond acceptors (Lipinski definition) is 3. The molecule has 0 saturated heterocycles. The van der Waals surface area contributed by atoms with Crippen molar-refractivity contribution >= 4 is 46.7 Å². The predicted molar refractivity (Wildman–Crippen MR) is 108 cm³/mol. The fourth-order valence-corrected chi connectivity index (χ4v) is 2.45. The summed E-state index contributed by atoms with van der Waals surface area (Å²) in [4.78, 5) is 8.60. The van der Waals surface area contributed by atoms with Crippen LogP contribution < -0.4 is 15.8 Å². The molecule has 10 heteroatoms. The minimum absolute atomic E-state index is 0. The summed E-state index contributed by atoms with van der Waals surface area (Å²) in [5, 5.41) is 2.62. The van der Waals surface area contributed by atoms with Gasteiger partial charge in [-0.25, -0.2) is 9.98 Å². The maximum absolute atomic E-state index is 12.5. The number of nitrogens with one attached hydrogen (secondary N) is 1. The first kappa shape index (κ1) is 20.8. The van der Waals surface area contributed by atoms with E-state index in [1.54, 1.807) is 6.07 Å². The monoisotopic (exact) mass is 491 g/mol. The standard InChI is InChI=1S/C17H16F3N5O.HI/c1-25-13-8-4-2-6-11(13)23-15(25)10-22-16(21)24-12-7-3-5-9-14(12)26-17(18,19)20;/h2-9H,10H2,1H3,(H3,21,22,24);1H. The second kappa shape index (κ2) is 8.46. The number of hydrogen-bond donors (Lipinski definition) is 2. The van der Waals surface area contributed by atoms with Crippen LogP contribution in [-0.2, 0) is 13.6 Å². The van der Waals surface area contributed by atoms with Gasteiger partial charge in [0, 0.05) is 7.05 Å². The van der Waals surface area contributed by atoms with Gasteiger partial charge in [-0.1, -0.05) is 24.3 Å². The Balaban J connectivity index is 0.00000261. The molecule has 0 bridgehead atoms. The van der Waals surface area contributed by atoms with Crippen molar-refractivity contribution in [1.29, 1.82) is 0 Å². The predicted octanol–water partition coefficient (Wildman–Crippen LogP) is 4.02. The molecular formula is C17H17F3IN5O. The fourth-order valence-electron chi connectivity index (χ4n) is 2.45. The molecule has 6 nitrogen and oxygen atoms in total. The summed E-state index contributed by atoms with van der Waals surface area (Å²) in [5.41, 5.74) is 7.64. The van der Waals surface area contributed by atoms with Crippen LogP contribution in [-0.4, -0.2) is 21.9 Å². The summed E-state index contributed by atoms with van der Waals surface area (Å²) in [7, 11) is 1.86. The average molecular weight is 491 g/mol. The van der Waals surface area contributed by atoms with Gasteiger partial charge in [0.05, 0.1) is 16.7 Å². The van der Waals surface area contributed by atoms with Gasteiger partial charge in [-0.15, -0.1) is 37.1 Å². The number of aromatic nitrogens is 2. The van der Waals surface area contributed by atoms with E-state index in [1.165, 1.54) is 18.2 Å². The van der Waals surface area contributed by atoms with E-state index in [-0.39, 0.29) is 47.9 Å². The Labute approximate surface area is 170 Å². The number of nitrogens with two attached hydrogens (primary N) is 1. The summed E-state index contributed by atoms with van der Waals surface area (Å²) in [6, 6.07) is 13.2. The highest BCUT2D eigenvalue weighted by Gasteiger charge is 2.32.